The smallest absolute Gasteiger partial charge is 0.167 e. The lowest BCUT2D eigenvalue weighted by Gasteiger charge is -2.19. The van der Waals surface area contributed by atoms with E-state index in [1.807, 2.05) is 53.9 Å². The lowest BCUT2D eigenvalue weighted by molar-refractivity contribution is 1.04. The van der Waals surface area contributed by atoms with Gasteiger partial charge in [0.1, 0.15) is 5.82 Å². The highest BCUT2D eigenvalue weighted by Crippen LogP contribution is 2.46. The average Bonchev–Trinajstić information content (AvgIpc) is 3.90. The largest absolute Gasteiger partial charge is 0.292 e. The molecule has 0 bridgehead atoms. The molecule has 8 aromatic carbocycles. The van der Waals surface area contributed by atoms with Gasteiger partial charge in [0.2, 0.25) is 0 Å². The first-order valence-corrected chi connectivity index (χ1v) is 21.5. The molecule has 0 unspecified atom stereocenters. The summed E-state index contributed by atoms with van der Waals surface area (Å²) in [6.45, 7) is 0. The van der Waals surface area contributed by atoms with Gasteiger partial charge in [-0.25, -0.2) is 19.9 Å². The molecule has 0 saturated heterocycles. The number of nitrogens with zero attached hydrogens (tertiary/aromatic N) is 5. The number of hydrogen-bond acceptors (Lipinski definition) is 5. The minimum absolute atomic E-state index is 0.536. The number of thiophene rings is 1. The molecule has 0 saturated carbocycles. The van der Waals surface area contributed by atoms with Gasteiger partial charge in [0.05, 0.1) is 16.6 Å². The van der Waals surface area contributed by atoms with Gasteiger partial charge in [0.15, 0.2) is 17.5 Å². The second kappa shape index (κ2) is 14.9. The lowest BCUT2D eigenvalue weighted by atomic mass is 9.88. The molecule has 0 aliphatic heterocycles. The maximum absolute atomic E-state index is 5.59. The van der Waals surface area contributed by atoms with Crippen molar-refractivity contribution in [3.8, 4) is 73.4 Å². The van der Waals surface area contributed by atoms with Gasteiger partial charge in [-0.3, -0.25) is 4.57 Å². The molecule has 6 heteroatoms. The summed E-state index contributed by atoms with van der Waals surface area (Å²) in [7, 11) is 0. The maximum atomic E-state index is 5.59. The third-order valence-corrected chi connectivity index (χ3v) is 12.9. The highest BCUT2D eigenvalue weighted by atomic mass is 32.1. The molecule has 0 amide bonds. The quantitative estimate of drug-likeness (QED) is 0.161. The molecule has 0 aliphatic rings. The highest BCUT2D eigenvalue weighted by molar-refractivity contribution is 7.26. The van der Waals surface area contributed by atoms with Gasteiger partial charge in [-0.1, -0.05) is 182 Å². The summed E-state index contributed by atoms with van der Waals surface area (Å²) in [6, 6.07) is 72.3. The second-order valence-corrected chi connectivity index (χ2v) is 16.5. The van der Waals surface area contributed by atoms with Crippen molar-refractivity contribution in [3.05, 3.63) is 212 Å². The van der Waals surface area contributed by atoms with Gasteiger partial charge in [-0.2, -0.15) is 0 Å². The number of fused-ring (bicyclic) bond motifs is 7. The van der Waals surface area contributed by atoms with Crippen molar-refractivity contribution in [3.63, 3.8) is 0 Å². The van der Waals surface area contributed by atoms with Gasteiger partial charge < -0.3 is 0 Å². The van der Waals surface area contributed by atoms with E-state index in [0.29, 0.717) is 17.5 Å². The minimum atomic E-state index is 0.536. The van der Waals surface area contributed by atoms with E-state index in [4.69, 9.17) is 19.9 Å². The molecule has 0 N–H and O–H groups in total. The van der Waals surface area contributed by atoms with Gasteiger partial charge in [-0.05, 0) is 52.1 Å². The van der Waals surface area contributed by atoms with Crippen LogP contribution in [0, 0.1) is 0 Å². The van der Waals surface area contributed by atoms with E-state index < -0.39 is 0 Å². The molecule has 0 spiro atoms. The fourth-order valence-corrected chi connectivity index (χ4v) is 10.0. The summed E-state index contributed by atoms with van der Waals surface area (Å²) in [6.07, 6.45) is 2.04. The van der Waals surface area contributed by atoms with E-state index in [2.05, 4.69) is 174 Å². The van der Waals surface area contributed by atoms with Crippen LogP contribution in [0.4, 0.5) is 0 Å². The van der Waals surface area contributed by atoms with Crippen LogP contribution >= 0.6 is 11.3 Å². The van der Waals surface area contributed by atoms with Crippen molar-refractivity contribution in [1.82, 2.24) is 24.5 Å². The Morgan fingerprint density at radius 3 is 1.53 bits per heavy atom. The summed E-state index contributed by atoms with van der Waals surface area (Å²) in [5, 5.41) is 4.76. The van der Waals surface area contributed by atoms with Gasteiger partial charge in [0.25, 0.3) is 0 Å². The van der Waals surface area contributed by atoms with Crippen LogP contribution in [0.2, 0.25) is 0 Å². The molecule has 4 aromatic heterocycles. The average molecular weight is 810 g/mol. The Morgan fingerprint density at radius 2 is 0.903 bits per heavy atom. The van der Waals surface area contributed by atoms with Crippen LogP contribution in [0.1, 0.15) is 0 Å². The number of aromatic nitrogens is 5. The third-order valence-electron chi connectivity index (χ3n) is 11.7. The Kier molecular flexibility index (Phi) is 8.61. The summed E-state index contributed by atoms with van der Waals surface area (Å²) in [4.78, 5) is 21.4. The summed E-state index contributed by atoms with van der Waals surface area (Å²) in [5.74, 6) is 2.46. The first-order chi connectivity index (χ1) is 30.8. The predicted molar refractivity (Wildman–Crippen MR) is 257 cm³/mol. The molecule has 0 fully saturated rings. The molecule has 0 radical (unpaired) electrons. The van der Waals surface area contributed by atoms with Crippen LogP contribution in [0.5, 0.6) is 0 Å². The van der Waals surface area contributed by atoms with Crippen LogP contribution in [0.25, 0.3) is 115 Å². The topological polar surface area (TPSA) is 56.5 Å². The summed E-state index contributed by atoms with van der Waals surface area (Å²) in [5.41, 5.74) is 11.3. The Bertz CT molecular complexity index is 3500. The van der Waals surface area contributed by atoms with E-state index in [0.717, 1.165) is 72.3 Å². The van der Waals surface area contributed by atoms with Crippen molar-refractivity contribution in [2.24, 2.45) is 0 Å². The molecular formula is C56H35N5S. The van der Waals surface area contributed by atoms with Crippen molar-refractivity contribution in [2.45, 2.75) is 0 Å². The van der Waals surface area contributed by atoms with Gasteiger partial charge in [0, 0.05) is 53.8 Å². The van der Waals surface area contributed by atoms with E-state index in [9.17, 15) is 0 Å². The predicted octanol–water partition coefficient (Wildman–Crippen LogP) is 14.7. The van der Waals surface area contributed by atoms with Crippen molar-refractivity contribution < 1.29 is 0 Å². The standard InChI is InChI=1S/C56H35N5S/c1-5-18-36(19-6-1)41-28-17-29-42(37-20-7-2-8-21-37)50(41)40-34-46(55-59-53(38-22-9-3-10-23-38)58-54(60-55)39-24-11-4-12-25-39)56(57-35-40)61-47-30-15-13-26-43(47)44-32-33-49-51(52(44)61)45-27-14-16-31-48(45)62-49/h1-35H. The Labute approximate surface area is 361 Å². The number of para-hydroxylation sites is 1. The van der Waals surface area contributed by atoms with Crippen LogP contribution in [-0.2, 0) is 0 Å². The first-order valence-electron chi connectivity index (χ1n) is 20.7. The van der Waals surface area contributed by atoms with Crippen molar-refractivity contribution in [2.75, 3.05) is 0 Å². The molecule has 4 heterocycles. The number of benzene rings is 8. The van der Waals surface area contributed by atoms with Crippen LogP contribution in [0.15, 0.2) is 212 Å². The number of hydrogen-bond donors (Lipinski definition) is 0. The maximum Gasteiger partial charge on any atom is 0.167 e. The fourth-order valence-electron chi connectivity index (χ4n) is 8.93. The summed E-state index contributed by atoms with van der Waals surface area (Å²) < 4.78 is 4.82. The Morgan fingerprint density at radius 1 is 0.371 bits per heavy atom. The van der Waals surface area contributed by atoms with Gasteiger partial charge in [-0.15, -0.1) is 11.3 Å². The normalized spacial score (nSPS) is 11.5. The Balaban J connectivity index is 1.23. The van der Waals surface area contributed by atoms with E-state index in [1.165, 1.54) is 25.6 Å². The third kappa shape index (κ3) is 5.99. The van der Waals surface area contributed by atoms with Gasteiger partial charge >= 0.3 is 0 Å². The second-order valence-electron chi connectivity index (χ2n) is 15.4. The van der Waals surface area contributed by atoms with Crippen molar-refractivity contribution >= 4 is 53.3 Å². The molecule has 0 aliphatic carbocycles. The zero-order chi connectivity index (χ0) is 41.0. The lowest BCUT2D eigenvalue weighted by Crippen LogP contribution is -2.06. The molecular weight excluding hydrogens is 775 g/mol. The fraction of sp³-hybridized carbons (Fsp3) is 0. The number of rotatable bonds is 7. The number of pyridine rings is 1. The molecule has 0 atom stereocenters. The van der Waals surface area contributed by atoms with Crippen LogP contribution < -0.4 is 0 Å². The van der Waals surface area contributed by atoms with E-state index in [1.54, 1.807) is 0 Å². The molecule has 62 heavy (non-hydrogen) atoms. The monoisotopic (exact) mass is 809 g/mol. The van der Waals surface area contributed by atoms with Crippen LogP contribution in [0.3, 0.4) is 0 Å². The first kappa shape index (κ1) is 35.8. The minimum Gasteiger partial charge on any atom is -0.292 e. The molecule has 12 aromatic rings. The Hall–Kier alpha value is -8.06. The van der Waals surface area contributed by atoms with Crippen molar-refractivity contribution in [1.29, 1.82) is 0 Å². The molecule has 12 rings (SSSR count). The van der Waals surface area contributed by atoms with E-state index >= 15 is 0 Å². The zero-order valence-electron chi connectivity index (χ0n) is 33.4. The molecule has 5 nitrogen and oxygen atoms in total. The zero-order valence-corrected chi connectivity index (χ0v) is 34.2. The summed E-state index contributed by atoms with van der Waals surface area (Å²) >= 11 is 1.82. The van der Waals surface area contributed by atoms with E-state index in [-0.39, 0.29) is 0 Å². The van der Waals surface area contributed by atoms with Crippen LogP contribution in [-0.4, -0.2) is 24.5 Å². The molecule has 290 valence electrons. The SMILES string of the molecule is c1ccc(-c2nc(-c3ccccc3)nc(-c3cc(-c4c(-c5ccccc5)cccc4-c4ccccc4)cnc3-n3c4ccccc4c4ccc5sc6ccccc6c5c43)n2)cc1. The highest BCUT2D eigenvalue weighted by Gasteiger charge is 2.25.